The molecule has 2 rings (SSSR count). The molecule has 0 saturated carbocycles. The van der Waals surface area contributed by atoms with E-state index >= 15 is 0 Å². The van der Waals surface area contributed by atoms with Gasteiger partial charge in [0, 0.05) is 13.2 Å². The Kier molecular flexibility index (Phi) is 5.23. The number of likely N-dealkylation sites (tertiary alicyclic amines) is 1. The molecule has 0 amide bonds. The van der Waals surface area contributed by atoms with Crippen LogP contribution in [0.4, 0.5) is 0 Å². The Morgan fingerprint density at radius 3 is 3.06 bits per heavy atom. The summed E-state index contributed by atoms with van der Waals surface area (Å²) in [5.41, 5.74) is 0. The van der Waals surface area contributed by atoms with Crippen LogP contribution in [0.25, 0.3) is 0 Å². The molecular formula is C14H24N2O2. The van der Waals surface area contributed by atoms with E-state index in [0.29, 0.717) is 6.10 Å². The highest BCUT2D eigenvalue weighted by atomic mass is 16.5. The summed E-state index contributed by atoms with van der Waals surface area (Å²) in [4.78, 5) is 2.42. The first-order valence-electron chi connectivity index (χ1n) is 6.88. The molecule has 0 spiro atoms. The second kappa shape index (κ2) is 6.92. The summed E-state index contributed by atoms with van der Waals surface area (Å²) in [6, 6.07) is 4.13. The van der Waals surface area contributed by atoms with Gasteiger partial charge in [-0.15, -0.1) is 0 Å². The lowest BCUT2D eigenvalue weighted by atomic mass is 10.1. The summed E-state index contributed by atoms with van der Waals surface area (Å²) in [5, 5.41) is 3.10. The van der Waals surface area contributed by atoms with Crippen LogP contribution in [0.15, 0.2) is 16.5 Å². The van der Waals surface area contributed by atoms with E-state index in [1.165, 1.54) is 12.8 Å². The minimum atomic E-state index is 0.399. The van der Waals surface area contributed by atoms with E-state index in [1.54, 1.807) is 0 Å². The highest BCUT2D eigenvalue weighted by Crippen LogP contribution is 2.17. The Bertz CT molecular complexity index is 349. The predicted molar refractivity (Wildman–Crippen MR) is 71.4 cm³/mol. The van der Waals surface area contributed by atoms with Gasteiger partial charge in [-0.2, -0.15) is 0 Å². The van der Waals surface area contributed by atoms with Crippen molar-refractivity contribution in [2.75, 3.05) is 26.7 Å². The number of hydrogen-bond acceptors (Lipinski definition) is 4. The molecule has 1 fully saturated rings. The number of nitrogens with one attached hydrogen (secondary N) is 1. The van der Waals surface area contributed by atoms with Gasteiger partial charge in [-0.05, 0) is 45.5 Å². The summed E-state index contributed by atoms with van der Waals surface area (Å²) in [6.45, 7) is 6.73. The molecule has 0 aromatic carbocycles. The van der Waals surface area contributed by atoms with Crippen LogP contribution < -0.4 is 5.32 Å². The minimum Gasteiger partial charge on any atom is -0.463 e. The molecule has 2 heterocycles. The molecule has 1 aliphatic rings. The van der Waals surface area contributed by atoms with Gasteiger partial charge in [-0.25, -0.2) is 0 Å². The number of nitrogens with zero attached hydrogens (tertiary/aromatic N) is 1. The average Bonchev–Trinajstić information content (AvgIpc) is 2.78. The van der Waals surface area contributed by atoms with Crippen molar-refractivity contribution in [2.24, 2.45) is 0 Å². The van der Waals surface area contributed by atoms with Crippen LogP contribution in [0.3, 0.4) is 0 Å². The predicted octanol–water partition coefficient (Wildman–Crippen LogP) is 2.00. The summed E-state index contributed by atoms with van der Waals surface area (Å²) in [6.07, 6.45) is 2.80. The number of piperidine rings is 1. The fourth-order valence-electron chi connectivity index (χ4n) is 2.53. The summed E-state index contributed by atoms with van der Waals surface area (Å²) >= 11 is 0. The van der Waals surface area contributed by atoms with Crippen LogP contribution in [0.1, 0.15) is 31.3 Å². The molecular weight excluding hydrogens is 228 g/mol. The maximum atomic E-state index is 5.78. The van der Waals surface area contributed by atoms with E-state index in [4.69, 9.17) is 9.15 Å². The zero-order valence-electron chi connectivity index (χ0n) is 11.4. The van der Waals surface area contributed by atoms with Crippen molar-refractivity contribution in [2.45, 2.75) is 39.0 Å². The van der Waals surface area contributed by atoms with Gasteiger partial charge in [-0.3, -0.25) is 4.90 Å². The Labute approximate surface area is 109 Å². The van der Waals surface area contributed by atoms with Crippen molar-refractivity contribution in [3.63, 3.8) is 0 Å². The van der Waals surface area contributed by atoms with Crippen molar-refractivity contribution in [1.29, 1.82) is 0 Å². The molecule has 0 aliphatic carbocycles. The molecule has 4 nitrogen and oxygen atoms in total. The second-order valence-corrected chi connectivity index (χ2v) is 4.85. The highest BCUT2D eigenvalue weighted by Gasteiger charge is 2.20. The first-order chi connectivity index (χ1) is 8.81. The van der Waals surface area contributed by atoms with E-state index in [9.17, 15) is 0 Å². The van der Waals surface area contributed by atoms with Gasteiger partial charge < -0.3 is 14.5 Å². The van der Waals surface area contributed by atoms with E-state index < -0.39 is 0 Å². The van der Waals surface area contributed by atoms with E-state index in [-0.39, 0.29) is 0 Å². The molecule has 1 saturated heterocycles. The molecule has 4 heteroatoms. The van der Waals surface area contributed by atoms with Crippen LogP contribution in [0.2, 0.25) is 0 Å². The Balaban J connectivity index is 1.84. The molecule has 0 radical (unpaired) electrons. The van der Waals surface area contributed by atoms with E-state index in [1.807, 2.05) is 7.05 Å². The third kappa shape index (κ3) is 3.83. The maximum absolute atomic E-state index is 5.78. The first-order valence-corrected chi connectivity index (χ1v) is 6.88. The molecule has 1 aromatic heterocycles. The monoisotopic (exact) mass is 252 g/mol. The molecule has 0 bridgehead atoms. The molecule has 1 atom stereocenters. The average molecular weight is 252 g/mol. The van der Waals surface area contributed by atoms with Gasteiger partial charge in [-0.1, -0.05) is 0 Å². The molecule has 1 aliphatic heterocycles. The van der Waals surface area contributed by atoms with Gasteiger partial charge in [0.1, 0.15) is 11.5 Å². The van der Waals surface area contributed by atoms with Gasteiger partial charge >= 0.3 is 0 Å². The van der Waals surface area contributed by atoms with Crippen molar-refractivity contribution < 1.29 is 9.15 Å². The molecule has 102 valence electrons. The lowest BCUT2D eigenvalue weighted by Gasteiger charge is -2.31. The normalized spacial score (nSPS) is 21.3. The lowest BCUT2D eigenvalue weighted by Crippen LogP contribution is -2.39. The summed E-state index contributed by atoms with van der Waals surface area (Å²) in [7, 11) is 1.93. The quantitative estimate of drug-likeness (QED) is 0.840. The smallest absolute Gasteiger partial charge is 0.118 e. The summed E-state index contributed by atoms with van der Waals surface area (Å²) < 4.78 is 11.5. The molecule has 1 unspecified atom stereocenters. The van der Waals surface area contributed by atoms with Crippen LogP contribution in [-0.2, 0) is 17.8 Å². The number of hydrogen-bond donors (Lipinski definition) is 1. The molecule has 1 aromatic rings. The van der Waals surface area contributed by atoms with Crippen molar-refractivity contribution in [3.05, 3.63) is 23.7 Å². The standard InChI is InChI=1S/C14H24N2O2/c1-3-17-13-5-4-8-16(10-13)11-14-7-6-12(18-14)9-15-2/h6-7,13,15H,3-5,8-11H2,1-2H3. The lowest BCUT2D eigenvalue weighted by molar-refractivity contribution is 0.00193. The van der Waals surface area contributed by atoms with Crippen LogP contribution in [0.5, 0.6) is 0 Å². The van der Waals surface area contributed by atoms with Gasteiger partial charge in [0.25, 0.3) is 0 Å². The van der Waals surface area contributed by atoms with Gasteiger partial charge in [0.2, 0.25) is 0 Å². The fourth-order valence-corrected chi connectivity index (χ4v) is 2.53. The Hall–Kier alpha value is -0.840. The third-order valence-electron chi connectivity index (χ3n) is 3.31. The number of rotatable bonds is 6. The van der Waals surface area contributed by atoms with E-state index in [2.05, 4.69) is 29.3 Å². The van der Waals surface area contributed by atoms with Crippen LogP contribution in [0, 0.1) is 0 Å². The second-order valence-electron chi connectivity index (χ2n) is 4.85. The maximum Gasteiger partial charge on any atom is 0.118 e. The zero-order valence-corrected chi connectivity index (χ0v) is 11.4. The van der Waals surface area contributed by atoms with E-state index in [0.717, 1.165) is 44.3 Å². The largest absolute Gasteiger partial charge is 0.463 e. The Morgan fingerprint density at radius 2 is 2.28 bits per heavy atom. The SMILES string of the molecule is CCOC1CCCN(Cc2ccc(CNC)o2)C1. The summed E-state index contributed by atoms with van der Waals surface area (Å²) in [5.74, 6) is 2.06. The Morgan fingerprint density at radius 1 is 1.44 bits per heavy atom. The molecule has 1 N–H and O–H groups in total. The third-order valence-corrected chi connectivity index (χ3v) is 3.31. The van der Waals surface area contributed by atoms with Gasteiger partial charge in [0.05, 0.1) is 19.2 Å². The topological polar surface area (TPSA) is 37.6 Å². The van der Waals surface area contributed by atoms with Crippen molar-refractivity contribution in [3.8, 4) is 0 Å². The molecule has 18 heavy (non-hydrogen) atoms. The van der Waals surface area contributed by atoms with Crippen molar-refractivity contribution >= 4 is 0 Å². The minimum absolute atomic E-state index is 0.399. The van der Waals surface area contributed by atoms with Crippen molar-refractivity contribution in [1.82, 2.24) is 10.2 Å². The fraction of sp³-hybridized carbons (Fsp3) is 0.714. The zero-order chi connectivity index (χ0) is 12.8. The number of ether oxygens (including phenoxy) is 1. The first kappa shape index (κ1) is 13.6. The number of furan rings is 1. The highest BCUT2D eigenvalue weighted by molar-refractivity contribution is 5.07. The van der Waals surface area contributed by atoms with Gasteiger partial charge in [0.15, 0.2) is 0 Å². The van der Waals surface area contributed by atoms with Crippen LogP contribution in [-0.4, -0.2) is 37.7 Å². The van der Waals surface area contributed by atoms with Crippen LogP contribution >= 0.6 is 0 Å².